The second kappa shape index (κ2) is 7.16. The van der Waals surface area contributed by atoms with Crippen LogP contribution in [0, 0.1) is 5.92 Å². The normalized spacial score (nSPS) is 23.6. The summed E-state index contributed by atoms with van der Waals surface area (Å²) in [4.78, 5) is 9.46. The Morgan fingerprint density at radius 1 is 1.35 bits per heavy atom. The Morgan fingerprint density at radius 3 is 2.70 bits per heavy atom. The Hall–Kier alpha value is -0.970. The molecule has 2 heterocycles. The van der Waals surface area contributed by atoms with Gasteiger partial charge in [-0.2, -0.15) is 0 Å². The van der Waals surface area contributed by atoms with E-state index in [1.165, 1.54) is 17.8 Å². The number of rotatable bonds is 6. The minimum atomic E-state index is 0.669. The lowest BCUT2D eigenvalue weighted by atomic mass is 10.1. The maximum atomic E-state index is 4.59. The minimum Gasteiger partial charge on any atom is -0.313 e. The van der Waals surface area contributed by atoms with Crippen LogP contribution < -0.4 is 5.32 Å². The summed E-state index contributed by atoms with van der Waals surface area (Å²) in [5.74, 6) is 0.734. The molecule has 1 saturated heterocycles. The summed E-state index contributed by atoms with van der Waals surface area (Å²) >= 11 is 0. The van der Waals surface area contributed by atoms with E-state index in [4.69, 9.17) is 0 Å². The molecule has 0 saturated carbocycles. The van der Waals surface area contributed by atoms with Gasteiger partial charge in [-0.15, -0.1) is 0 Å². The highest BCUT2D eigenvalue weighted by molar-refractivity contribution is 5.14. The predicted octanol–water partition coefficient (Wildman–Crippen LogP) is 1.57. The van der Waals surface area contributed by atoms with Crippen molar-refractivity contribution in [2.75, 3.05) is 33.7 Å². The van der Waals surface area contributed by atoms with Gasteiger partial charge in [0.25, 0.3) is 0 Å². The fraction of sp³-hybridized carbons (Fsp3) is 0.688. The average Bonchev–Trinajstić information content (AvgIpc) is 2.79. The Morgan fingerprint density at radius 2 is 2.15 bits per heavy atom. The van der Waals surface area contributed by atoms with E-state index in [0.717, 1.165) is 32.1 Å². The van der Waals surface area contributed by atoms with Gasteiger partial charge in [0.15, 0.2) is 0 Å². The number of hydrogen-bond acceptors (Lipinski definition) is 4. The first-order valence-electron chi connectivity index (χ1n) is 7.63. The molecule has 1 aromatic heterocycles. The molecule has 1 fully saturated rings. The zero-order valence-corrected chi connectivity index (χ0v) is 13.3. The third kappa shape index (κ3) is 4.01. The molecule has 0 aliphatic carbocycles. The Kier molecular flexibility index (Phi) is 5.52. The number of nitrogens with zero attached hydrogens (tertiary/aromatic N) is 3. The van der Waals surface area contributed by atoms with E-state index >= 15 is 0 Å². The van der Waals surface area contributed by atoms with Crippen LogP contribution in [0.4, 0.5) is 0 Å². The van der Waals surface area contributed by atoms with Crippen molar-refractivity contribution in [1.82, 2.24) is 20.1 Å². The molecule has 2 unspecified atom stereocenters. The van der Waals surface area contributed by atoms with Gasteiger partial charge in [0.05, 0.1) is 5.69 Å². The highest BCUT2D eigenvalue weighted by atomic mass is 15.2. The van der Waals surface area contributed by atoms with Crippen LogP contribution in [0.1, 0.15) is 25.1 Å². The fourth-order valence-electron chi connectivity index (χ4n) is 3.00. The van der Waals surface area contributed by atoms with Crippen LogP contribution in [-0.2, 0) is 13.1 Å². The number of likely N-dealkylation sites (tertiary alicyclic amines) is 1. The first kappa shape index (κ1) is 15.4. The lowest BCUT2D eigenvalue weighted by Crippen LogP contribution is -2.34. The molecule has 1 aliphatic rings. The van der Waals surface area contributed by atoms with Crippen molar-refractivity contribution < 1.29 is 0 Å². The Labute approximate surface area is 123 Å². The van der Waals surface area contributed by atoms with Crippen molar-refractivity contribution in [1.29, 1.82) is 0 Å². The first-order chi connectivity index (χ1) is 9.60. The number of aromatic nitrogens is 1. The third-order valence-corrected chi connectivity index (χ3v) is 4.16. The van der Waals surface area contributed by atoms with E-state index < -0.39 is 0 Å². The quantitative estimate of drug-likeness (QED) is 0.855. The zero-order valence-electron chi connectivity index (χ0n) is 13.3. The summed E-state index contributed by atoms with van der Waals surface area (Å²) in [7, 11) is 4.36. The number of pyridine rings is 1. The topological polar surface area (TPSA) is 31.4 Å². The number of nitrogens with one attached hydrogen (secondary N) is 1. The molecule has 0 amide bonds. The molecule has 0 spiro atoms. The standard InChI is InChI=1S/C16H28N4/c1-5-17-8-14-6-7-15(18-9-14)11-20-10-13(2)16(12-20)19(3)4/h6-7,9,13,16-17H,5,8,10-12H2,1-4H3. The molecule has 1 aromatic rings. The summed E-state index contributed by atoms with van der Waals surface area (Å²) < 4.78 is 0. The lowest BCUT2D eigenvalue weighted by Gasteiger charge is -2.22. The van der Waals surface area contributed by atoms with Gasteiger partial charge in [0, 0.05) is 38.4 Å². The largest absolute Gasteiger partial charge is 0.313 e. The van der Waals surface area contributed by atoms with Crippen molar-refractivity contribution in [2.24, 2.45) is 5.92 Å². The van der Waals surface area contributed by atoms with Crippen LogP contribution >= 0.6 is 0 Å². The summed E-state index contributed by atoms with van der Waals surface area (Å²) in [5, 5.41) is 3.33. The molecule has 4 nitrogen and oxygen atoms in total. The molecule has 1 N–H and O–H groups in total. The van der Waals surface area contributed by atoms with E-state index in [9.17, 15) is 0 Å². The van der Waals surface area contributed by atoms with E-state index in [-0.39, 0.29) is 0 Å². The third-order valence-electron chi connectivity index (χ3n) is 4.16. The van der Waals surface area contributed by atoms with Crippen molar-refractivity contribution in [3.63, 3.8) is 0 Å². The van der Waals surface area contributed by atoms with Crippen LogP contribution in [0.3, 0.4) is 0 Å². The fourth-order valence-corrected chi connectivity index (χ4v) is 3.00. The SMILES string of the molecule is CCNCc1ccc(CN2CC(C)C(N(C)C)C2)nc1. The molecule has 20 heavy (non-hydrogen) atoms. The van der Waals surface area contributed by atoms with Crippen molar-refractivity contribution in [2.45, 2.75) is 33.0 Å². The highest BCUT2D eigenvalue weighted by Gasteiger charge is 2.30. The van der Waals surface area contributed by atoms with E-state index in [1.54, 1.807) is 0 Å². The van der Waals surface area contributed by atoms with Crippen molar-refractivity contribution in [3.05, 3.63) is 29.6 Å². The van der Waals surface area contributed by atoms with Crippen LogP contribution in [0.5, 0.6) is 0 Å². The molecule has 1 aliphatic heterocycles. The summed E-state index contributed by atoms with van der Waals surface area (Å²) in [5.41, 5.74) is 2.44. The van der Waals surface area contributed by atoms with E-state index in [0.29, 0.717) is 6.04 Å². The van der Waals surface area contributed by atoms with Crippen molar-refractivity contribution in [3.8, 4) is 0 Å². The monoisotopic (exact) mass is 276 g/mol. The second-order valence-electron chi connectivity index (χ2n) is 6.14. The van der Waals surface area contributed by atoms with Gasteiger partial charge in [-0.1, -0.05) is 19.9 Å². The maximum absolute atomic E-state index is 4.59. The van der Waals surface area contributed by atoms with Gasteiger partial charge >= 0.3 is 0 Å². The van der Waals surface area contributed by atoms with Crippen LogP contribution in [0.15, 0.2) is 18.3 Å². The lowest BCUT2D eigenvalue weighted by molar-refractivity contribution is 0.249. The molecule has 4 heteroatoms. The summed E-state index contributed by atoms with van der Waals surface area (Å²) in [6.45, 7) is 9.66. The highest BCUT2D eigenvalue weighted by Crippen LogP contribution is 2.21. The van der Waals surface area contributed by atoms with Crippen LogP contribution in [0.2, 0.25) is 0 Å². The van der Waals surface area contributed by atoms with E-state index in [1.807, 2.05) is 6.20 Å². The minimum absolute atomic E-state index is 0.669. The summed E-state index contributed by atoms with van der Waals surface area (Å²) in [6, 6.07) is 5.02. The predicted molar refractivity (Wildman–Crippen MR) is 83.5 cm³/mol. The first-order valence-corrected chi connectivity index (χ1v) is 7.63. The molecule has 0 bridgehead atoms. The molecular formula is C16H28N4. The van der Waals surface area contributed by atoms with Crippen LogP contribution in [0.25, 0.3) is 0 Å². The molecular weight excluding hydrogens is 248 g/mol. The average molecular weight is 276 g/mol. The van der Waals surface area contributed by atoms with Gasteiger partial charge in [-0.05, 0) is 38.2 Å². The molecule has 0 aromatic carbocycles. The van der Waals surface area contributed by atoms with Crippen LogP contribution in [-0.4, -0.2) is 54.6 Å². The maximum Gasteiger partial charge on any atom is 0.0544 e. The molecule has 2 atom stereocenters. The number of hydrogen-bond donors (Lipinski definition) is 1. The Balaban J connectivity index is 1.88. The Bertz CT molecular complexity index is 401. The van der Waals surface area contributed by atoms with Gasteiger partial charge in [-0.3, -0.25) is 9.88 Å². The van der Waals surface area contributed by atoms with E-state index in [2.05, 4.69) is 60.2 Å². The molecule has 112 valence electrons. The second-order valence-corrected chi connectivity index (χ2v) is 6.14. The van der Waals surface area contributed by atoms with Gasteiger partial charge in [-0.25, -0.2) is 0 Å². The smallest absolute Gasteiger partial charge is 0.0544 e. The molecule has 0 radical (unpaired) electrons. The number of likely N-dealkylation sites (N-methyl/N-ethyl adjacent to an activating group) is 1. The van der Waals surface area contributed by atoms with Gasteiger partial charge in [0.2, 0.25) is 0 Å². The van der Waals surface area contributed by atoms with Crippen molar-refractivity contribution >= 4 is 0 Å². The summed E-state index contributed by atoms with van der Waals surface area (Å²) in [6.07, 6.45) is 2.00. The molecule has 2 rings (SSSR count). The van der Waals surface area contributed by atoms with Gasteiger partial charge in [0.1, 0.15) is 0 Å². The van der Waals surface area contributed by atoms with Gasteiger partial charge < -0.3 is 10.2 Å². The zero-order chi connectivity index (χ0) is 14.5.